The molecule has 2 N–H and O–H groups in total. The van der Waals surface area contributed by atoms with Crippen LogP contribution in [-0.2, 0) is 6.42 Å². The monoisotopic (exact) mass is 360 g/mol. The van der Waals surface area contributed by atoms with Gasteiger partial charge in [-0.3, -0.25) is 0 Å². The number of aromatic hydroxyl groups is 1. The highest BCUT2D eigenvalue weighted by Crippen LogP contribution is 2.44. The molecule has 0 fully saturated rings. The molecular weight excluding hydrogens is 328 g/mol. The third-order valence-corrected chi connectivity index (χ3v) is 4.95. The molecule has 0 heterocycles. The minimum absolute atomic E-state index is 0.000270. The summed E-state index contributed by atoms with van der Waals surface area (Å²) in [5.41, 5.74) is 2.62. The van der Waals surface area contributed by atoms with Crippen LogP contribution in [0.2, 0.25) is 0 Å². The number of carboxylic acid groups (broad SMARTS) is 1. The molecule has 144 valence electrons. The van der Waals surface area contributed by atoms with Gasteiger partial charge in [-0.25, -0.2) is 4.79 Å². The molecule has 1 aliphatic rings. The van der Waals surface area contributed by atoms with E-state index in [1.54, 1.807) is 0 Å². The molecule has 0 radical (unpaired) electrons. The Balaban J connectivity index is 2.58. The van der Waals surface area contributed by atoms with E-state index in [2.05, 4.69) is 19.9 Å². The lowest BCUT2D eigenvalue weighted by molar-refractivity contribution is 0.0692. The van der Waals surface area contributed by atoms with Gasteiger partial charge in [-0.05, 0) is 64.5 Å². The van der Waals surface area contributed by atoms with Gasteiger partial charge in [-0.15, -0.1) is 0 Å². The standard InChI is InChI=1S/C22H32O4/c1-5-6-7-10-17-13-18(26-14(2)3)19(21(23)20(17)22(24)25)16-11-8-9-15(4)12-16/h12-14,16,23H,5-11H2,1-4H3,(H,24,25). The second-order valence-electron chi connectivity index (χ2n) is 7.61. The lowest BCUT2D eigenvalue weighted by Crippen LogP contribution is -2.14. The predicted octanol–water partition coefficient (Wildman–Crippen LogP) is 5.82. The Morgan fingerprint density at radius 2 is 2.08 bits per heavy atom. The quantitative estimate of drug-likeness (QED) is 0.452. The normalized spacial score (nSPS) is 17.3. The molecule has 0 amide bonds. The fourth-order valence-electron chi connectivity index (χ4n) is 3.76. The van der Waals surface area contributed by atoms with Gasteiger partial charge in [-0.2, -0.15) is 0 Å². The van der Waals surface area contributed by atoms with Crippen molar-refractivity contribution in [2.45, 2.75) is 84.7 Å². The Labute approximate surface area is 156 Å². The van der Waals surface area contributed by atoms with Gasteiger partial charge in [0, 0.05) is 11.5 Å². The third-order valence-electron chi connectivity index (χ3n) is 4.95. The number of rotatable bonds is 8. The van der Waals surface area contributed by atoms with Crippen molar-refractivity contribution < 1.29 is 19.7 Å². The van der Waals surface area contributed by atoms with E-state index in [4.69, 9.17) is 4.74 Å². The topological polar surface area (TPSA) is 66.8 Å². The number of hydrogen-bond donors (Lipinski definition) is 2. The van der Waals surface area contributed by atoms with Crippen LogP contribution in [0.1, 0.15) is 93.6 Å². The van der Waals surface area contributed by atoms with Gasteiger partial charge in [0.15, 0.2) is 0 Å². The average molecular weight is 360 g/mol. The maximum absolute atomic E-state index is 11.9. The molecule has 1 atom stereocenters. The van der Waals surface area contributed by atoms with Crippen LogP contribution in [0, 0.1) is 0 Å². The molecule has 0 aliphatic heterocycles. The summed E-state index contributed by atoms with van der Waals surface area (Å²) in [5.74, 6) is -0.550. The lowest BCUT2D eigenvalue weighted by Gasteiger charge is -2.26. The summed E-state index contributed by atoms with van der Waals surface area (Å²) in [7, 11) is 0. The summed E-state index contributed by atoms with van der Waals surface area (Å²) in [6.45, 7) is 8.10. The van der Waals surface area contributed by atoms with Crippen molar-refractivity contribution >= 4 is 5.97 Å². The zero-order valence-electron chi connectivity index (χ0n) is 16.5. The van der Waals surface area contributed by atoms with Crippen LogP contribution < -0.4 is 4.74 Å². The molecule has 1 aromatic rings. The van der Waals surface area contributed by atoms with Crippen molar-refractivity contribution in [1.29, 1.82) is 0 Å². The third kappa shape index (κ3) is 4.80. The fraction of sp³-hybridized carbons (Fsp3) is 0.591. The van der Waals surface area contributed by atoms with Crippen LogP contribution in [0.25, 0.3) is 0 Å². The maximum Gasteiger partial charge on any atom is 0.339 e. The Bertz CT molecular complexity index is 673. The Morgan fingerprint density at radius 1 is 1.35 bits per heavy atom. The Hall–Kier alpha value is -1.97. The number of allylic oxidation sites excluding steroid dienone is 2. The molecule has 4 nitrogen and oxygen atoms in total. The number of aromatic carboxylic acids is 1. The molecule has 26 heavy (non-hydrogen) atoms. The van der Waals surface area contributed by atoms with Gasteiger partial charge < -0.3 is 14.9 Å². The molecule has 2 rings (SSSR count). The van der Waals surface area contributed by atoms with E-state index >= 15 is 0 Å². The Morgan fingerprint density at radius 3 is 2.65 bits per heavy atom. The number of carboxylic acids is 1. The van der Waals surface area contributed by atoms with Crippen molar-refractivity contribution in [2.24, 2.45) is 0 Å². The minimum atomic E-state index is -1.07. The zero-order valence-corrected chi connectivity index (χ0v) is 16.5. The molecule has 1 unspecified atom stereocenters. The van der Waals surface area contributed by atoms with Crippen LogP contribution in [0.3, 0.4) is 0 Å². The first kappa shape index (κ1) is 20.3. The first-order valence-corrected chi connectivity index (χ1v) is 9.81. The molecule has 4 heteroatoms. The summed E-state index contributed by atoms with van der Waals surface area (Å²) in [6, 6.07) is 1.85. The average Bonchev–Trinajstić information content (AvgIpc) is 2.54. The van der Waals surface area contributed by atoms with E-state index in [1.165, 1.54) is 5.57 Å². The SMILES string of the molecule is CCCCCc1cc(OC(C)C)c(C2C=C(C)CCC2)c(O)c1C(=O)O. The van der Waals surface area contributed by atoms with Crippen molar-refractivity contribution in [3.8, 4) is 11.5 Å². The fourth-order valence-corrected chi connectivity index (χ4v) is 3.76. The van der Waals surface area contributed by atoms with Crippen molar-refractivity contribution in [3.05, 3.63) is 34.4 Å². The van der Waals surface area contributed by atoms with Crippen molar-refractivity contribution in [3.63, 3.8) is 0 Å². The maximum atomic E-state index is 11.9. The highest BCUT2D eigenvalue weighted by atomic mass is 16.5. The van der Waals surface area contributed by atoms with Crippen molar-refractivity contribution in [2.75, 3.05) is 0 Å². The van der Waals surface area contributed by atoms with Crippen molar-refractivity contribution in [1.82, 2.24) is 0 Å². The van der Waals surface area contributed by atoms with E-state index in [1.807, 2.05) is 19.9 Å². The summed E-state index contributed by atoms with van der Waals surface area (Å²) in [5, 5.41) is 20.7. The smallest absolute Gasteiger partial charge is 0.339 e. The summed E-state index contributed by atoms with van der Waals surface area (Å²) in [4.78, 5) is 11.9. The summed E-state index contributed by atoms with van der Waals surface area (Å²) in [6.07, 6.45) is 8.73. The number of unbranched alkanes of at least 4 members (excludes halogenated alkanes) is 2. The minimum Gasteiger partial charge on any atom is -0.507 e. The molecule has 0 aromatic heterocycles. The summed E-state index contributed by atoms with van der Waals surface area (Å²) >= 11 is 0. The van der Waals surface area contributed by atoms with Gasteiger partial charge >= 0.3 is 5.97 Å². The molecule has 0 saturated heterocycles. The van der Waals surface area contributed by atoms with Crippen LogP contribution in [0.5, 0.6) is 11.5 Å². The number of phenols is 1. The van der Waals surface area contributed by atoms with Gasteiger partial charge in [-0.1, -0.05) is 31.4 Å². The molecule has 0 bridgehead atoms. The highest BCUT2D eigenvalue weighted by Gasteiger charge is 2.28. The Kier molecular flexibility index (Phi) is 7.13. The van der Waals surface area contributed by atoms with E-state index < -0.39 is 5.97 Å². The zero-order chi connectivity index (χ0) is 19.3. The van der Waals surface area contributed by atoms with Gasteiger partial charge in [0.25, 0.3) is 0 Å². The highest BCUT2D eigenvalue weighted by molar-refractivity contribution is 5.94. The second kappa shape index (κ2) is 9.11. The van der Waals surface area contributed by atoms with E-state index in [-0.39, 0.29) is 23.3 Å². The van der Waals surface area contributed by atoms with Gasteiger partial charge in [0.05, 0.1) is 6.10 Å². The molecule has 1 aliphatic carbocycles. The summed E-state index contributed by atoms with van der Waals surface area (Å²) < 4.78 is 6.01. The van der Waals surface area contributed by atoms with Gasteiger partial charge in [0.2, 0.25) is 0 Å². The van der Waals surface area contributed by atoms with Crippen LogP contribution in [-0.4, -0.2) is 22.3 Å². The van der Waals surface area contributed by atoms with Crippen LogP contribution in [0.4, 0.5) is 0 Å². The van der Waals surface area contributed by atoms with E-state index in [9.17, 15) is 15.0 Å². The van der Waals surface area contributed by atoms with E-state index in [0.717, 1.165) is 38.5 Å². The molecule has 1 aromatic carbocycles. The second-order valence-corrected chi connectivity index (χ2v) is 7.61. The van der Waals surface area contributed by atoms with Crippen LogP contribution >= 0.6 is 0 Å². The number of hydrogen-bond acceptors (Lipinski definition) is 3. The van der Waals surface area contributed by atoms with E-state index in [0.29, 0.717) is 23.3 Å². The first-order valence-electron chi connectivity index (χ1n) is 9.81. The van der Waals surface area contributed by atoms with Crippen LogP contribution in [0.15, 0.2) is 17.7 Å². The number of carbonyl (C=O) groups is 1. The molecule has 0 spiro atoms. The lowest BCUT2D eigenvalue weighted by atomic mass is 9.83. The predicted molar refractivity (Wildman–Crippen MR) is 104 cm³/mol. The largest absolute Gasteiger partial charge is 0.507 e. The number of aryl methyl sites for hydroxylation is 1. The molecular formula is C22H32O4. The number of ether oxygens (including phenoxy) is 1. The number of benzene rings is 1. The first-order chi connectivity index (χ1) is 12.3. The van der Waals surface area contributed by atoms with Gasteiger partial charge in [0.1, 0.15) is 17.1 Å². The molecule has 0 saturated carbocycles.